The van der Waals surface area contributed by atoms with Crippen molar-refractivity contribution in [1.29, 1.82) is 0 Å². The number of methoxy groups -OCH3 is 4. The average molecular weight is 429 g/mol. The minimum absolute atomic E-state index is 0.0759. The molecule has 0 radical (unpaired) electrons. The maximum Gasteiger partial charge on any atom is 0.315 e. The summed E-state index contributed by atoms with van der Waals surface area (Å²) in [5, 5.41) is 6.26. The lowest BCUT2D eigenvalue weighted by Gasteiger charge is -2.25. The molecule has 0 saturated carbocycles. The largest absolute Gasteiger partial charge is 0.493 e. The highest BCUT2D eigenvalue weighted by molar-refractivity contribution is 5.75. The molecule has 0 heterocycles. The highest BCUT2D eigenvalue weighted by Gasteiger charge is 2.28. The predicted octanol–water partition coefficient (Wildman–Crippen LogP) is 4.40. The molecular formula is C24H32N2O5. The summed E-state index contributed by atoms with van der Waals surface area (Å²) in [6.45, 7) is 4.15. The molecule has 0 aromatic heterocycles. The number of nitrogens with one attached hydrogen (secondary N) is 2. The Balaban J connectivity index is 1.76. The normalized spacial score (nSPS) is 15.8. The van der Waals surface area contributed by atoms with Crippen LogP contribution in [0, 0.1) is 5.92 Å². The van der Waals surface area contributed by atoms with E-state index in [0.717, 1.165) is 24.0 Å². The standard InChI is InChI=1S/C24H32N2O5/c1-14(2)23(16-8-10-19(28-3)20(12-16)29-4)26-24(27)25-18-9-7-15-11-21(30-5)22(31-6)13-17(15)18/h8,10-14,18,23H,7,9H2,1-6H3,(H2,25,26,27)/t18-,23-/m1/s1. The maximum atomic E-state index is 12.9. The number of benzene rings is 2. The van der Waals surface area contributed by atoms with Gasteiger partial charge in [0.15, 0.2) is 23.0 Å². The van der Waals surface area contributed by atoms with E-state index >= 15 is 0 Å². The number of hydrogen-bond acceptors (Lipinski definition) is 5. The topological polar surface area (TPSA) is 78.1 Å². The zero-order chi connectivity index (χ0) is 22.5. The fraction of sp³-hybridized carbons (Fsp3) is 0.458. The molecule has 0 fully saturated rings. The Kier molecular flexibility index (Phi) is 7.15. The summed E-state index contributed by atoms with van der Waals surface area (Å²) in [6, 6.07) is 9.21. The molecule has 0 spiro atoms. The molecule has 2 amide bonds. The van der Waals surface area contributed by atoms with Gasteiger partial charge in [0.2, 0.25) is 0 Å². The van der Waals surface area contributed by atoms with Gasteiger partial charge in [0.05, 0.1) is 40.5 Å². The minimum atomic E-state index is -0.207. The molecule has 31 heavy (non-hydrogen) atoms. The van der Waals surface area contributed by atoms with Gasteiger partial charge in [-0.05, 0) is 59.7 Å². The fourth-order valence-corrected chi connectivity index (χ4v) is 4.11. The second-order valence-corrected chi connectivity index (χ2v) is 7.95. The first-order valence-electron chi connectivity index (χ1n) is 10.5. The number of ether oxygens (including phenoxy) is 4. The van der Waals surface area contributed by atoms with E-state index in [-0.39, 0.29) is 24.0 Å². The molecule has 7 nitrogen and oxygen atoms in total. The maximum absolute atomic E-state index is 12.9. The lowest BCUT2D eigenvalue weighted by atomic mass is 9.95. The smallest absolute Gasteiger partial charge is 0.315 e. The second kappa shape index (κ2) is 9.81. The van der Waals surface area contributed by atoms with E-state index in [4.69, 9.17) is 18.9 Å². The third-order valence-electron chi connectivity index (χ3n) is 5.75. The molecule has 168 valence electrons. The van der Waals surface area contributed by atoms with E-state index < -0.39 is 0 Å². The molecule has 0 bridgehead atoms. The van der Waals surface area contributed by atoms with Crippen LogP contribution in [0.4, 0.5) is 4.79 Å². The lowest BCUT2D eigenvalue weighted by Crippen LogP contribution is -2.41. The summed E-state index contributed by atoms with van der Waals surface area (Å²) in [5.74, 6) is 2.85. The van der Waals surface area contributed by atoms with Crippen LogP contribution in [0.1, 0.15) is 49.0 Å². The van der Waals surface area contributed by atoms with Gasteiger partial charge >= 0.3 is 6.03 Å². The molecule has 0 aliphatic heterocycles. The van der Waals surface area contributed by atoms with Gasteiger partial charge in [0.25, 0.3) is 0 Å². The predicted molar refractivity (Wildman–Crippen MR) is 119 cm³/mol. The molecule has 3 rings (SSSR count). The molecule has 1 aliphatic carbocycles. The van der Waals surface area contributed by atoms with Crippen molar-refractivity contribution in [3.8, 4) is 23.0 Å². The lowest BCUT2D eigenvalue weighted by molar-refractivity contribution is 0.229. The van der Waals surface area contributed by atoms with Gasteiger partial charge in [0, 0.05) is 0 Å². The van der Waals surface area contributed by atoms with Gasteiger partial charge in [-0.1, -0.05) is 19.9 Å². The third kappa shape index (κ3) is 4.81. The summed E-state index contributed by atoms with van der Waals surface area (Å²) in [6.07, 6.45) is 1.71. The second-order valence-electron chi connectivity index (χ2n) is 7.95. The third-order valence-corrected chi connectivity index (χ3v) is 5.75. The number of carbonyl (C=O) groups excluding carboxylic acids is 1. The number of rotatable bonds is 8. The quantitative estimate of drug-likeness (QED) is 0.651. The van der Waals surface area contributed by atoms with Crippen LogP contribution < -0.4 is 29.6 Å². The van der Waals surface area contributed by atoms with Gasteiger partial charge in [0.1, 0.15) is 0 Å². The van der Waals surface area contributed by atoms with Gasteiger partial charge in [-0.2, -0.15) is 0 Å². The minimum Gasteiger partial charge on any atom is -0.493 e. The van der Waals surface area contributed by atoms with Crippen LogP contribution in [0.5, 0.6) is 23.0 Å². The molecule has 2 aromatic carbocycles. The summed E-state index contributed by atoms with van der Waals surface area (Å²) < 4.78 is 21.6. The van der Waals surface area contributed by atoms with Crippen molar-refractivity contribution in [2.45, 2.75) is 38.8 Å². The van der Waals surface area contributed by atoms with E-state index in [1.165, 1.54) is 5.56 Å². The van der Waals surface area contributed by atoms with Crippen LogP contribution in [-0.4, -0.2) is 34.5 Å². The van der Waals surface area contributed by atoms with E-state index in [1.807, 2.05) is 30.3 Å². The molecule has 1 aliphatic rings. The van der Waals surface area contributed by atoms with E-state index in [0.29, 0.717) is 23.0 Å². The number of carbonyl (C=O) groups is 1. The molecule has 7 heteroatoms. The molecular weight excluding hydrogens is 396 g/mol. The number of aryl methyl sites for hydroxylation is 1. The first-order valence-corrected chi connectivity index (χ1v) is 10.5. The van der Waals surface area contributed by atoms with E-state index in [1.54, 1.807) is 28.4 Å². The van der Waals surface area contributed by atoms with Crippen LogP contribution in [0.15, 0.2) is 30.3 Å². The summed E-state index contributed by atoms with van der Waals surface area (Å²) in [5.41, 5.74) is 3.20. The van der Waals surface area contributed by atoms with Gasteiger partial charge in [-0.25, -0.2) is 4.79 Å². The van der Waals surface area contributed by atoms with Crippen molar-refractivity contribution in [1.82, 2.24) is 10.6 Å². The Hall–Kier alpha value is -3.09. The van der Waals surface area contributed by atoms with Crippen molar-refractivity contribution >= 4 is 6.03 Å². The van der Waals surface area contributed by atoms with Crippen LogP contribution in [-0.2, 0) is 6.42 Å². The van der Waals surface area contributed by atoms with Crippen LogP contribution >= 0.6 is 0 Å². The number of hydrogen-bond donors (Lipinski definition) is 2. The Morgan fingerprint density at radius 2 is 1.52 bits per heavy atom. The zero-order valence-electron chi connectivity index (χ0n) is 19.1. The van der Waals surface area contributed by atoms with Crippen molar-refractivity contribution in [2.24, 2.45) is 5.92 Å². The Morgan fingerprint density at radius 1 is 0.903 bits per heavy atom. The van der Waals surface area contributed by atoms with Crippen molar-refractivity contribution in [3.05, 3.63) is 47.0 Å². The first-order chi connectivity index (χ1) is 14.9. The van der Waals surface area contributed by atoms with Gasteiger partial charge in [-0.3, -0.25) is 0 Å². The van der Waals surface area contributed by atoms with Crippen LogP contribution in [0.2, 0.25) is 0 Å². The summed E-state index contributed by atoms with van der Waals surface area (Å²) in [4.78, 5) is 12.9. The molecule has 2 atom stereocenters. The fourth-order valence-electron chi connectivity index (χ4n) is 4.11. The number of amides is 2. The monoisotopic (exact) mass is 428 g/mol. The number of urea groups is 1. The zero-order valence-corrected chi connectivity index (χ0v) is 19.1. The molecule has 0 unspecified atom stereocenters. The van der Waals surface area contributed by atoms with Crippen molar-refractivity contribution < 1.29 is 23.7 Å². The molecule has 2 aromatic rings. The van der Waals surface area contributed by atoms with Gasteiger partial charge in [-0.15, -0.1) is 0 Å². The Morgan fingerprint density at radius 3 is 2.13 bits per heavy atom. The molecule has 0 saturated heterocycles. The highest BCUT2D eigenvalue weighted by atomic mass is 16.5. The summed E-state index contributed by atoms with van der Waals surface area (Å²) in [7, 11) is 6.45. The Labute approximate surface area is 184 Å². The van der Waals surface area contributed by atoms with E-state index in [9.17, 15) is 4.79 Å². The van der Waals surface area contributed by atoms with Crippen LogP contribution in [0.3, 0.4) is 0 Å². The first kappa shape index (κ1) is 22.6. The number of fused-ring (bicyclic) bond motifs is 1. The van der Waals surface area contributed by atoms with Crippen molar-refractivity contribution in [3.63, 3.8) is 0 Å². The van der Waals surface area contributed by atoms with Crippen LogP contribution in [0.25, 0.3) is 0 Å². The van der Waals surface area contributed by atoms with Gasteiger partial charge < -0.3 is 29.6 Å². The van der Waals surface area contributed by atoms with E-state index in [2.05, 4.69) is 24.5 Å². The summed E-state index contributed by atoms with van der Waals surface area (Å²) >= 11 is 0. The van der Waals surface area contributed by atoms with Crippen molar-refractivity contribution in [2.75, 3.05) is 28.4 Å². The highest BCUT2D eigenvalue weighted by Crippen LogP contribution is 2.39. The SMILES string of the molecule is COc1ccc([C@H](NC(=O)N[C@@H]2CCc3cc(OC)c(OC)cc32)C(C)C)cc1OC. The Bertz CT molecular complexity index is 928. The average Bonchev–Trinajstić information content (AvgIpc) is 3.16. The molecule has 2 N–H and O–H groups in total.